The SMILES string of the molecule is CCOc1cc(/C=C/C(=O)c2cc(Br)cs2)ccc1OC(F)F. The summed E-state index contributed by atoms with van der Waals surface area (Å²) in [5.74, 6) is 0.0420. The zero-order valence-electron chi connectivity index (χ0n) is 12.1. The van der Waals surface area contributed by atoms with Crippen LogP contribution in [0.5, 0.6) is 11.5 Å². The molecule has 1 heterocycles. The van der Waals surface area contributed by atoms with E-state index in [-0.39, 0.29) is 17.3 Å². The molecule has 0 atom stereocenters. The van der Waals surface area contributed by atoms with Crippen LogP contribution in [0.3, 0.4) is 0 Å². The summed E-state index contributed by atoms with van der Waals surface area (Å²) in [6.07, 6.45) is 3.03. The molecule has 0 saturated heterocycles. The molecule has 7 heteroatoms. The number of halogens is 3. The van der Waals surface area contributed by atoms with Gasteiger partial charge in [-0.25, -0.2) is 0 Å². The van der Waals surface area contributed by atoms with Gasteiger partial charge in [-0.3, -0.25) is 4.79 Å². The van der Waals surface area contributed by atoms with E-state index in [0.29, 0.717) is 17.0 Å². The van der Waals surface area contributed by atoms with E-state index in [1.54, 1.807) is 31.2 Å². The summed E-state index contributed by atoms with van der Waals surface area (Å²) in [6, 6.07) is 6.26. The number of benzene rings is 1. The third-order valence-electron chi connectivity index (χ3n) is 2.72. The number of hydrogen-bond acceptors (Lipinski definition) is 4. The van der Waals surface area contributed by atoms with Gasteiger partial charge in [0.05, 0.1) is 11.5 Å². The minimum atomic E-state index is -2.92. The first kappa shape index (κ1) is 17.6. The van der Waals surface area contributed by atoms with E-state index < -0.39 is 6.61 Å². The van der Waals surface area contributed by atoms with E-state index in [4.69, 9.17) is 4.74 Å². The number of rotatable bonds is 7. The Morgan fingerprint density at radius 3 is 2.74 bits per heavy atom. The molecule has 1 aromatic carbocycles. The van der Waals surface area contributed by atoms with Gasteiger partial charge in [0.15, 0.2) is 17.3 Å². The Kier molecular flexibility index (Phi) is 6.29. The number of carbonyl (C=O) groups excluding carboxylic acids is 1. The summed E-state index contributed by atoms with van der Waals surface area (Å²) in [4.78, 5) is 12.6. The summed E-state index contributed by atoms with van der Waals surface area (Å²) < 4.78 is 35.2. The average molecular weight is 403 g/mol. The van der Waals surface area contributed by atoms with Crippen molar-refractivity contribution in [1.82, 2.24) is 0 Å². The molecule has 0 aliphatic rings. The van der Waals surface area contributed by atoms with Crippen molar-refractivity contribution in [2.24, 2.45) is 0 Å². The molecule has 0 radical (unpaired) electrons. The van der Waals surface area contributed by atoms with Crippen molar-refractivity contribution >= 4 is 39.1 Å². The fourth-order valence-electron chi connectivity index (χ4n) is 1.79. The Balaban J connectivity index is 2.17. The number of thiophene rings is 1. The average Bonchev–Trinajstić information content (AvgIpc) is 2.93. The number of alkyl halides is 2. The molecule has 0 spiro atoms. The highest BCUT2D eigenvalue weighted by atomic mass is 79.9. The summed E-state index contributed by atoms with van der Waals surface area (Å²) in [5, 5.41) is 1.82. The van der Waals surface area contributed by atoms with Crippen molar-refractivity contribution < 1.29 is 23.0 Å². The van der Waals surface area contributed by atoms with E-state index in [0.717, 1.165) is 4.47 Å². The third-order valence-corrected chi connectivity index (χ3v) is 4.43. The van der Waals surface area contributed by atoms with Crippen molar-refractivity contribution in [2.75, 3.05) is 6.61 Å². The van der Waals surface area contributed by atoms with Crippen molar-refractivity contribution in [3.05, 3.63) is 50.6 Å². The van der Waals surface area contributed by atoms with Crippen LogP contribution in [0.2, 0.25) is 0 Å². The predicted molar refractivity (Wildman–Crippen MR) is 89.6 cm³/mol. The van der Waals surface area contributed by atoms with Crippen LogP contribution >= 0.6 is 27.3 Å². The lowest BCUT2D eigenvalue weighted by Gasteiger charge is -2.11. The number of allylic oxidation sites excluding steroid dienone is 1. The summed E-state index contributed by atoms with van der Waals surface area (Å²) >= 11 is 4.63. The summed E-state index contributed by atoms with van der Waals surface area (Å²) in [7, 11) is 0. The zero-order chi connectivity index (χ0) is 16.8. The van der Waals surface area contributed by atoms with Crippen LogP contribution in [0.4, 0.5) is 8.78 Å². The fourth-order valence-corrected chi connectivity index (χ4v) is 3.13. The van der Waals surface area contributed by atoms with Crippen LogP contribution in [-0.2, 0) is 0 Å². The van der Waals surface area contributed by atoms with E-state index in [2.05, 4.69) is 20.7 Å². The van der Waals surface area contributed by atoms with Crippen molar-refractivity contribution in [3.8, 4) is 11.5 Å². The molecule has 0 saturated carbocycles. The molecule has 23 heavy (non-hydrogen) atoms. The Bertz CT molecular complexity index is 713. The fraction of sp³-hybridized carbons (Fsp3) is 0.188. The van der Waals surface area contributed by atoms with Gasteiger partial charge in [0.2, 0.25) is 0 Å². The van der Waals surface area contributed by atoms with Gasteiger partial charge in [-0.05, 0) is 52.7 Å². The van der Waals surface area contributed by atoms with Crippen LogP contribution in [-0.4, -0.2) is 19.0 Å². The first-order valence-electron chi connectivity index (χ1n) is 6.67. The normalized spacial score (nSPS) is 11.2. The molecular formula is C16H13BrF2O3S. The Labute approximate surface area is 144 Å². The minimum absolute atomic E-state index is 0.0347. The van der Waals surface area contributed by atoms with Crippen LogP contribution < -0.4 is 9.47 Å². The smallest absolute Gasteiger partial charge is 0.387 e. The summed E-state index contributed by atoms with van der Waals surface area (Å²) in [6.45, 7) is -0.865. The van der Waals surface area contributed by atoms with Gasteiger partial charge in [-0.2, -0.15) is 8.78 Å². The van der Waals surface area contributed by atoms with Gasteiger partial charge in [0.1, 0.15) is 0 Å². The van der Waals surface area contributed by atoms with Crippen molar-refractivity contribution in [3.63, 3.8) is 0 Å². The molecule has 0 N–H and O–H groups in total. The maximum absolute atomic E-state index is 12.3. The molecular weight excluding hydrogens is 390 g/mol. The maximum Gasteiger partial charge on any atom is 0.387 e. The molecule has 122 valence electrons. The first-order valence-corrected chi connectivity index (χ1v) is 8.35. The number of carbonyl (C=O) groups is 1. The second-order valence-corrected chi connectivity index (χ2v) is 6.17. The highest BCUT2D eigenvalue weighted by Crippen LogP contribution is 2.30. The van der Waals surface area contributed by atoms with Crippen molar-refractivity contribution in [2.45, 2.75) is 13.5 Å². The predicted octanol–water partition coefficient (Wildman–Crippen LogP) is 5.41. The molecule has 0 aliphatic heterocycles. The number of ether oxygens (including phenoxy) is 2. The van der Waals surface area contributed by atoms with Crippen LogP contribution in [0, 0.1) is 0 Å². The molecule has 0 bridgehead atoms. The minimum Gasteiger partial charge on any atom is -0.490 e. The molecule has 0 amide bonds. The maximum atomic E-state index is 12.3. The Hall–Kier alpha value is -1.73. The molecule has 2 rings (SSSR count). The van der Waals surface area contributed by atoms with Gasteiger partial charge >= 0.3 is 6.61 Å². The Morgan fingerprint density at radius 2 is 2.13 bits per heavy atom. The van der Waals surface area contributed by atoms with Gasteiger partial charge < -0.3 is 9.47 Å². The van der Waals surface area contributed by atoms with Gasteiger partial charge in [0, 0.05) is 9.85 Å². The lowest BCUT2D eigenvalue weighted by molar-refractivity contribution is -0.0514. The second kappa shape index (κ2) is 8.21. The van der Waals surface area contributed by atoms with Crippen LogP contribution in [0.25, 0.3) is 6.08 Å². The van der Waals surface area contributed by atoms with Crippen molar-refractivity contribution in [1.29, 1.82) is 0 Å². The van der Waals surface area contributed by atoms with Crippen LogP contribution in [0.1, 0.15) is 22.2 Å². The largest absolute Gasteiger partial charge is 0.490 e. The van der Waals surface area contributed by atoms with E-state index in [9.17, 15) is 13.6 Å². The number of hydrogen-bond donors (Lipinski definition) is 0. The van der Waals surface area contributed by atoms with E-state index in [1.165, 1.54) is 23.5 Å². The lowest BCUT2D eigenvalue weighted by Crippen LogP contribution is -2.04. The Morgan fingerprint density at radius 1 is 1.35 bits per heavy atom. The first-order chi connectivity index (χ1) is 11.0. The standard InChI is InChI=1S/C16H13BrF2O3S/c1-2-21-14-7-10(4-6-13(14)22-16(18)19)3-5-12(20)15-8-11(17)9-23-15/h3-9,16H,2H2,1H3/b5-3+. The number of ketones is 1. The molecule has 1 aromatic heterocycles. The highest BCUT2D eigenvalue weighted by Gasteiger charge is 2.11. The quantitative estimate of drug-likeness (QED) is 0.458. The van der Waals surface area contributed by atoms with Gasteiger partial charge in [-0.15, -0.1) is 11.3 Å². The van der Waals surface area contributed by atoms with Crippen LogP contribution in [0.15, 0.2) is 40.2 Å². The van der Waals surface area contributed by atoms with E-state index >= 15 is 0 Å². The zero-order valence-corrected chi connectivity index (χ0v) is 14.5. The summed E-state index contributed by atoms with van der Waals surface area (Å²) in [5.41, 5.74) is 0.652. The van der Waals surface area contributed by atoms with Gasteiger partial charge in [-0.1, -0.05) is 12.1 Å². The monoisotopic (exact) mass is 402 g/mol. The molecule has 0 unspecified atom stereocenters. The third kappa shape index (κ3) is 5.14. The van der Waals surface area contributed by atoms with Gasteiger partial charge in [0.25, 0.3) is 0 Å². The lowest BCUT2D eigenvalue weighted by atomic mass is 10.1. The molecule has 0 fully saturated rings. The van der Waals surface area contributed by atoms with E-state index in [1.807, 2.05) is 5.38 Å². The highest BCUT2D eigenvalue weighted by molar-refractivity contribution is 9.10. The molecule has 0 aliphatic carbocycles. The molecule has 3 nitrogen and oxygen atoms in total. The second-order valence-electron chi connectivity index (χ2n) is 4.34. The topological polar surface area (TPSA) is 35.5 Å². The molecule has 2 aromatic rings.